The van der Waals surface area contributed by atoms with Crippen molar-refractivity contribution in [3.63, 3.8) is 0 Å². The summed E-state index contributed by atoms with van der Waals surface area (Å²) in [5.41, 5.74) is 2.88. The molecule has 1 aromatic rings. The van der Waals surface area contributed by atoms with E-state index < -0.39 is 0 Å². The third-order valence-electron chi connectivity index (χ3n) is 3.32. The predicted octanol–water partition coefficient (Wildman–Crippen LogP) is 2.84. The van der Waals surface area contributed by atoms with Gasteiger partial charge < -0.3 is 10.1 Å². The van der Waals surface area contributed by atoms with E-state index in [1.807, 2.05) is 10.9 Å². The molecule has 4 nitrogen and oxygen atoms in total. The number of aromatic nitrogens is 1. The standard InChI is InChI=1S/C14H22N2O2S2/c1-11(4-5-13-3-2-6-18-13)16-14(17)9-19-7-12-8-20-10-15-12/h8,10-11,13H,2-7,9H2,1H3,(H,16,17)/t11-,13-/m1/s1. The Morgan fingerprint density at radius 3 is 3.30 bits per heavy atom. The molecule has 2 atom stereocenters. The molecule has 1 aliphatic rings. The molecule has 2 heterocycles. The number of amides is 1. The zero-order valence-electron chi connectivity index (χ0n) is 11.8. The van der Waals surface area contributed by atoms with E-state index >= 15 is 0 Å². The maximum atomic E-state index is 11.8. The lowest BCUT2D eigenvalue weighted by molar-refractivity contribution is -0.119. The van der Waals surface area contributed by atoms with Crippen molar-refractivity contribution in [2.45, 2.75) is 50.5 Å². The van der Waals surface area contributed by atoms with Gasteiger partial charge in [0, 0.05) is 23.8 Å². The van der Waals surface area contributed by atoms with Crippen LogP contribution in [0, 0.1) is 0 Å². The maximum Gasteiger partial charge on any atom is 0.230 e. The van der Waals surface area contributed by atoms with E-state index in [9.17, 15) is 4.79 Å². The second-order valence-electron chi connectivity index (χ2n) is 5.15. The first-order valence-electron chi connectivity index (χ1n) is 7.10. The number of carbonyl (C=O) groups excluding carboxylic acids is 1. The Morgan fingerprint density at radius 1 is 1.70 bits per heavy atom. The Hall–Kier alpha value is -0.590. The molecule has 1 aliphatic heterocycles. The normalized spacial score (nSPS) is 19.9. The number of hydrogen-bond acceptors (Lipinski definition) is 5. The fraction of sp³-hybridized carbons (Fsp3) is 0.714. The lowest BCUT2D eigenvalue weighted by atomic mass is 10.1. The zero-order chi connectivity index (χ0) is 14.2. The van der Waals surface area contributed by atoms with Gasteiger partial charge in [-0.05, 0) is 32.6 Å². The highest BCUT2D eigenvalue weighted by Gasteiger charge is 2.17. The Balaban J connectivity index is 1.53. The predicted molar refractivity (Wildman–Crippen MR) is 84.1 cm³/mol. The van der Waals surface area contributed by atoms with Gasteiger partial charge in [0.15, 0.2) is 0 Å². The first-order valence-corrected chi connectivity index (χ1v) is 9.19. The number of thioether (sulfide) groups is 1. The third kappa shape index (κ3) is 5.81. The van der Waals surface area contributed by atoms with Gasteiger partial charge in [-0.3, -0.25) is 4.79 Å². The van der Waals surface area contributed by atoms with E-state index in [0.717, 1.165) is 30.9 Å². The first-order chi connectivity index (χ1) is 9.74. The van der Waals surface area contributed by atoms with Crippen LogP contribution >= 0.6 is 23.1 Å². The maximum absolute atomic E-state index is 11.8. The molecule has 112 valence electrons. The summed E-state index contributed by atoms with van der Waals surface area (Å²) in [6.45, 7) is 2.97. The molecule has 0 aromatic carbocycles. The molecule has 1 saturated heterocycles. The van der Waals surface area contributed by atoms with Gasteiger partial charge in [-0.1, -0.05) is 0 Å². The summed E-state index contributed by atoms with van der Waals surface area (Å²) in [7, 11) is 0. The molecule has 0 spiro atoms. The van der Waals surface area contributed by atoms with Gasteiger partial charge in [0.1, 0.15) is 0 Å². The number of rotatable bonds is 8. The van der Waals surface area contributed by atoms with Crippen LogP contribution < -0.4 is 5.32 Å². The van der Waals surface area contributed by atoms with Crippen molar-refractivity contribution in [1.82, 2.24) is 10.3 Å². The number of carbonyl (C=O) groups is 1. The topological polar surface area (TPSA) is 51.2 Å². The van der Waals surface area contributed by atoms with Crippen molar-refractivity contribution in [3.8, 4) is 0 Å². The molecular weight excluding hydrogens is 292 g/mol. The third-order valence-corrected chi connectivity index (χ3v) is 4.92. The highest BCUT2D eigenvalue weighted by Crippen LogP contribution is 2.17. The van der Waals surface area contributed by atoms with Gasteiger partial charge in [-0.2, -0.15) is 0 Å². The fourth-order valence-electron chi connectivity index (χ4n) is 2.25. The zero-order valence-corrected chi connectivity index (χ0v) is 13.5. The molecule has 0 aliphatic carbocycles. The minimum absolute atomic E-state index is 0.116. The van der Waals surface area contributed by atoms with Crippen LogP contribution in [0.25, 0.3) is 0 Å². The summed E-state index contributed by atoms with van der Waals surface area (Å²) in [6, 6.07) is 0.228. The molecule has 1 amide bonds. The Bertz CT molecular complexity index is 392. The van der Waals surface area contributed by atoms with Gasteiger partial charge in [0.05, 0.1) is 23.1 Å². The van der Waals surface area contributed by atoms with Crippen molar-refractivity contribution in [2.24, 2.45) is 0 Å². The van der Waals surface area contributed by atoms with E-state index in [-0.39, 0.29) is 11.9 Å². The van der Waals surface area contributed by atoms with E-state index in [1.54, 1.807) is 23.1 Å². The molecule has 6 heteroatoms. The molecular formula is C14H22N2O2S2. The smallest absolute Gasteiger partial charge is 0.230 e. The molecule has 1 aromatic heterocycles. The van der Waals surface area contributed by atoms with Gasteiger partial charge in [-0.25, -0.2) is 4.98 Å². The first kappa shape index (κ1) is 15.8. The van der Waals surface area contributed by atoms with Crippen LogP contribution in [-0.4, -0.2) is 35.4 Å². The highest BCUT2D eigenvalue weighted by molar-refractivity contribution is 7.99. The molecule has 0 bridgehead atoms. The number of nitrogens with one attached hydrogen (secondary N) is 1. The SMILES string of the molecule is C[C@H](CC[C@H]1CCCO1)NC(=O)CSCc1cscn1. The van der Waals surface area contributed by atoms with Gasteiger partial charge in [-0.15, -0.1) is 23.1 Å². The summed E-state index contributed by atoms with van der Waals surface area (Å²) in [5, 5.41) is 5.07. The number of nitrogens with zero attached hydrogens (tertiary/aromatic N) is 1. The van der Waals surface area contributed by atoms with Crippen molar-refractivity contribution >= 4 is 29.0 Å². The van der Waals surface area contributed by atoms with Crippen LogP contribution in [0.3, 0.4) is 0 Å². The number of ether oxygens (including phenoxy) is 1. The molecule has 0 unspecified atom stereocenters. The molecule has 0 saturated carbocycles. The Kier molecular flexibility index (Phi) is 6.82. The van der Waals surface area contributed by atoms with Crippen LogP contribution in [0.15, 0.2) is 10.9 Å². The van der Waals surface area contributed by atoms with E-state index in [4.69, 9.17) is 4.74 Å². The van der Waals surface area contributed by atoms with Crippen molar-refractivity contribution in [3.05, 3.63) is 16.6 Å². The van der Waals surface area contributed by atoms with Crippen molar-refractivity contribution < 1.29 is 9.53 Å². The quantitative estimate of drug-likeness (QED) is 0.801. The van der Waals surface area contributed by atoms with Crippen LogP contribution in [0.2, 0.25) is 0 Å². The lowest BCUT2D eigenvalue weighted by Crippen LogP contribution is -2.34. The largest absolute Gasteiger partial charge is 0.378 e. The monoisotopic (exact) mass is 314 g/mol. The minimum atomic E-state index is 0.116. The molecule has 1 N–H and O–H groups in total. The fourth-order valence-corrected chi connectivity index (χ4v) is 3.66. The van der Waals surface area contributed by atoms with E-state index in [0.29, 0.717) is 11.9 Å². The Labute approximate surface area is 128 Å². The number of thiazole rings is 1. The second kappa shape index (κ2) is 8.64. The van der Waals surface area contributed by atoms with Crippen LogP contribution in [0.5, 0.6) is 0 Å². The van der Waals surface area contributed by atoms with Crippen molar-refractivity contribution in [2.75, 3.05) is 12.4 Å². The molecule has 20 heavy (non-hydrogen) atoms. The van der Waals surface area contributed by atoms with E-state index in [2.05, 4.69) is 17.2 Å². The average Bonchev–Trinajstić information content (AvgIpc) is 3.09. The lowest BCUT2D eigenvalue weighted by Gasteiger charge is -2.16. The van der Waals surface area contributed by atoms with Gasteiger partial charge >= 0.3 is 0 Å². The summed E-state index contributed by atoms with van der Waals surface area (Å²) in [5.74, 6) is 1.42. The Morgan fingerprint density at radius 2 is 2.60 bits per heavy atom. The second-order valence-corrected chi connectivity index (χ2v) is 6.86. The van der Waals surface area contributed by atoms with Crippen LogP contribution in [-0.2, 0) is 15.3 Å². The summed E-state index contributed by atoms with van der Waals surface area (Å²) in [4.78, 5) is 16.0. The van der Waals surface area contributed by atoms with Crippen molar-refractivity contribution in [1.29, 1.82) is 0 Å². The molecule has 0 radical (unpaired) electrons. The highest BCUT2D eigenvalue weighted by atomic mass is 32.2. The van der Waals surface area contributed by atoms with Crippen LogP contribution in [0.1, 0.15) is 38.3 Å². The molecule has 2 rings (SSSR count). The minimum Gasteiger partial charge on any atom is -0.378 e. The molecule has 1 fully saturated rings. The summed E-state index contributed by atoms with van der Waals surface area (Å²) in [6.07, 6.45) is 4.80. The number of hydrogen-bond donors (Lipinski definition) is 1. The van der Waals surface area contributed by atoms with Gasteiger partial charge in [0.25, 0.3) is 0 Å². The van der Waals surface area contributed by atoms with Crippen LogP contribution in [0.4, 0.5) is 0 Å². The van der Waals surface area contributed by atoms with Gasteiger partial charge in [0.2, 0.25) is 5.91 Å². The summed E-state index contributed by atoms with van der Waals surface area (Å²) < 4.78 is 5.59. The van der Waals surface area contributed by atoms with E-state index in [1.165, 1.54) is 12.8 Å². The average molecular weight is 314 g/mol. The summed E-state index contributed by atoms with van der Waals surface area (Å²) >= 11 is 3.20.